The van der Waals surface area contributed by atoms with Crippen LogP contribution in [0.3, 0.4) is 0 Å². The van der Waals surface area contributed by atoms with Gasteiger partial charge in [0.15, 0.2) is 0 Å². The van der Waals surface area contributed by atoms with Crippen molar-refractivity contribution in [3.05, 3.63) is 28.2 Å². The Hall–Kier alpha value is -1.05. The summed E-state index contributed by atoms with van der Waals surface area (Å²) in [5, 5.41) is 12.5. The third-order valence-electron chi connectivity index (χ3n) is 3.82. The number of rotatable bonds is 4. The van der Waals surface area contributed by atoms with Crippen LogP contribution >= 0.6 is 15.9 Å². The van der Waals surface area contributed by atoms with E-state index in [4.69, 9.17) is 5.26 Å². The van der Waals surface area contributed by atoms with Crippen molar-refractivity contribution in [1.29, 1.82) is 5.26 Å². The molecule has 2 rings (SSSR count). The lowest BCUT2D eigenvalue weighted by Crippen LogP contribution is -2.27. The van der Waals surface area contributed by atoms with E-state index in [0.29, 0.717) is 11.6 Å². The summed E-state index contributed by atoms with van der Waals surface area (Å²) in [5.74, 6) is 0. The maximum absolute atomic E-state index is 8.89. The van der Waals surface area contributed by atoms with Gasteiger partial charge in [-0.05, 0) is 72.9 Å². The van der Waals surface area contributed by atoms with Gasteiger partial charge in [0.2, 0.25) is 0 Å². The Kier molecular flexibility index (Phi) is 5.87. The quantitative estimate of drug-likeness (QED) is 0.903. The van der Waals surface area contributed by atoms with Crippen molar-refractivity contribution in [3.8, 4) is 6.07 Å². The molecule has 1 unspecified atom stereocenters. The van der Waals surface area contributed by atoms with Gasteiger partial charge in [-0.1, -0.05) is 6.92 Å². The predicted octanol–water partition coefficient (Wildman–Crippen LogP) is 4.00. The summed E-state index contributed by atoms with van der Waals surface area (Å²) < 4.78 is 0.978. The summed E-state index contributed by atoms with van der Waals surface area (Å²) in [4.78, 5) is 2.56. The van der Waals surface area contributed by atoms with Gasteiger partial charge in [-0.25, -0.2) is 0 Å². The zero-order valence-corrected chi connectivity index (χ0v) is 13.6. The zero-order chi connectivity index (χ0) is 14.4. The maximum Gasteiger partial charge on any atom is 0.0992 e. The SMILES string of the molecule is CCCN1CCCC(Nc2ccc(C#N)cc2Br)CC1. The van der Waals surface area contributed by atoms with E-state index in [9.17, 15) is 0 Å². The number of nitrogens with zero attached hydrogens (tertiary/aromatic N) is 2. The fraction of sp³-hybridized carbons (Fsp3) is 0.562. The average Bonchev–Trinajstić information content (AvgIpc) is 2.67. The summed E-state index contributed by atoms with van der Waals surface area (Å²) in [6.45, 7) is 5.86. The molecule has 0 radical (unpaired) electrons. The van der Waals surface area contributed by atoms with E-state index in [1.165, 1.54) is 45.3 Å². The van der Waals surface area contributed by atoms with Crippen LogP contribution < -0.4 is 5.32 Å². The minimum atomic E-state index is 0.529. The number of nitrogens with one attached hydrogen (secondary N) is 1. The first-order valence-electron chi connectivity index (χ1n) is 7.41. The first kappa shape index (κ1) is 15.3. The number of hydrogen-bond acceptors (Lipinski definition) is 3. The third-order valence-corrected chi connectivity index (χ3v) is 4.47. The molecule has 4 heteroatoms. The largest absolute Gasteiger partial charge is 0.381 e. The lowest BCUT2D eigenvalue weighted by Gasteiger charge is -2.20. The molecule has 1 aliphatic heterocycles. The molecule has 1 fully saturated rings. The highest BCUT2D eigenvalue weighted by atomic mass is 79.9. The van der Waals surface area contributed by atoms with Crippen LogP contribution in [0.5, 0.6) is 0 Å². The van der Waals surface area contributed by atoms with Crippen molar-refractivity contribution in [3.63, 3.8) is 0 Å². The van der Waals surface area contributed by atoms with Gasteiger partial charge in [-0.3, -0.25) is 0 Å². The summed E-state index contributed by atoms with van der Waals surface area (Å²) in [5.41, 5.74) is 1.79. The monoisotopic (exact) mass is 335 g/mol. The lowest BCUT2D eigenvalue weighted by atomic mass is 10.1. The van der Waals surface area contributed by atoms with Crippen LogP contribution in [0.1, 0.15) is 38.2 Å². The summed E-state index contributed by atoms with van der Waals surface area (Å²) in [6.07, 6.45) is 4.89. The molecule has 0 amide bonds. The number of nitriles is 1. The van der Waals surface area contributed by atoms with E-state index in [-0.39, 0.29) is 0 Å². The van der Waals surface area contributed by atoms with Crippen molar-refractivity contribution in [2.24, 2.45) is 0 Å². The minimum absolute atomic E-state index is 0.529. The first-order chi connectivity index (χ1) is 9.72. The Balaban J connectivity index is 1.95. The molecule has 1 heterocycles. The Morgan fingerprint density at radius 3 is 2.95 bits per heavy atom. The molecular formula is C16H22BrN3. The van der Waals surface area contributed by atoms with Crippen LogP contribution in [-0.2, 0) is 0 Å². The number of likely N-dealkylation sites (tertiary alicyclic amines) is 1. The van der Waals surface area contributed by atoms with Gasteiger partial charge in [-0.15, -0.1) is 0 Å². The molecule has 0 spiro atoms. The van der Waals surface area contributed by atoms with Crippen LogP contribution in [0.4, 0.5) is 5.69 Å². The molecule has 1 aliphatic rings. The van der Waals surface area contributed by atoms with Crippen molar-refractivity contribution >= 4 is 21.6 Å². The standard InChI is InChI=1S/C16H22BrN3/c1-2-8-20-9-3-4-14(7-10-20)19-16-6-5-13(12-18)11-15(16)17/h5-6,11,14,19H,2-4,7-10H2,1H3. The Morgan fingerprint density at radius 2 is 2.25 bits per heavy atom. The van der Waals surface area contributed by atoms with Crippen molar-refractivity contribution in [1.82, 2.24) is 4.90 Å². The van der Waals surface area contributed by atoms with Crippen LogP contribution in [0.2, 0.25) is 0 Å². The van der Waals surface area contributed by atoms with Gasteiger partial charge in [-0.2, -0.15) is 5.26 Å². The van der Waals surface area contributed by atoms with E-state index < -0.39 is 0 Å². The van der Waals surface area contributed by atoms with Crippen LogP contribution in [-0.4, -0.2) is 30.6 Å². The molecule has 3 nitrogen and oxygen atoms in total. The van der Waals surface area contributed by atoms with Gasteiger partial charge in [0, 0.05) is 22.7 Å². The van der Waals surface area contributed by atoms with Crippen molar-refractivity contribution < 1.29 is 0 Å². The molecule has 0 bridgehead atoms. The van der Waals surface area contributed by atoms with Crippen molar-refractivity contribution in [2.75, 3.05) is 25.0 Å². The third kappa shape index (κ3) is 4.22. The highest BCUT2D eigenvalue weighted by Crippen LogP contribution is 2.26. The second kappa shape index (κ2) is 7.66. The topological polar surface area (TPSA) is 39.1 Å². The molecule has 1 aromatic rings. The molecule has 1 saturated heterocycles. The fourth-order valence-electron chi connectivity index (χ4n) is 2.76. The minimum Gasteiger partial charge on any atom is -0.381 e. The molecule has 1 N–H and O–H groups in total. The predicted molar refractivity (Wildman–Crippen MR) is 86.8 cm³/mol. The van der Waals surface area contributed by atoms with Gasteiger partial charge >= 0.3 is 0 Å². The van der Waals surface area contributed by atoms with Gasteiger partial charge in [0.05, 0.1) is 11.6 Å². The van der Waals surface area contributed by atoms with Crippen molar-refractivity contribution in [2.45, 2.75) is 38.6 Å². The summed E-state index contributed by atoms with van der Waals surface area (Å²) in [6, 6.07) is 8.44. The lowest BCUT2D eigenvalue weighted by molar-refractivity contribution is 0.285. The van der Waals surface area contributed by atoms with Crippen LogP contribution in [0, 0.1) is 11.3 Å². The van der Waals surface area contributed by atoms with E-state index in [0.717, 1.165) is 10.2 Å². The molecular weight excluding hydrogens is 314 g/mol. The van der Waals surface area contributed by atoms with E-state index in [1.54, 1.807) is 0 Å². The molecule has 20 heavy (non-hydrogen) atoms. The maximum atomic E-state index is 8.89. The number of anilines is 1. The summed E-state index contributed by atoms with van der Waals surface area (Å²) >= 11 is 3.55. The molecule has 1 atom stereocenters. The normalized spacial score (nSPS) is 20.1. The van der Waals surface area contributed by atoms with Gasteiger partial charge in [0.25, 0.3) is 0 Å². The molecule has 0 saturated carbocycles. The smallest absolute Gasteiger partial charge is 0.0992 e. The molecule has 0 aliphatic carbocycles. The van der Waals surface area contributed by atoms with Gasteiger partial charge < -0.3 is 10.2 Å². The van der Waals surface area contributed by atoms with E-state index >= 15 is 0 Å². The van der Waals surface area contributed by atoms with E-state index in [2.05, 4.69) is 39.1 Å². The Morgan fingerprint density at radius 1 is 1.40 bits per heavy atom. The second-order valence-corrected chi connectivity index (χ2v) is 6.27. The first-order valence-corrected chi connectivity index (χ1v) is 8.20. The van der Waals surface area contributed by atoms with Crippen LogP contribution in [0.15, 0.2) is 22.7 Å². The van der Waals surface area contributed by atoms with Crippen LogP contribution in [0.25, 0.3) is 0 Å². The number of hydrogen-bond donors (Lipinski definition) is 1. The molecule has 1 aromatic carbocycles. The highest BCUT2D eigenvalue weighted by molar-refractivity contribution is 9.10. The fourth-order valence-corrected chi connectivity index (χ4v) is 3.25. The molecule has 108 valence electrons. The Labute approximate surface area is 130 Å². The van der Waals surface area contributed by atoms with Gasteiger partial charge in [0.1, 0.15) is 0 Å². The highest BCUT2D eigenvalue weighted by Gasteiger charge is 2.17. The van der Waals surface area contributed by atoms with E-state index in [1.807, 2.05) is 18.2 Å². The molecule has 0 aromatic heterocycles. The summed E-state index contributed by atoms with van der Waals surface area (Å²) in [7, 11) is 0. The zero-order valence-electron chi connectivity index (χ0n) is 12.0. The average molecular weight is 336 g/mol. The second-order valence-electron chi connectivity index (χ2n) is 5.42. The number of halogens is 1. The Bertz CT molecular complexity index is 481. The number of benzene rings is 1.